The van der Waals surface area contributed by atoms with Crippen molar-refractivity contribution >= 4 is 40.7 Å². The van der Waals surface area contributed by atoms with Crippen LogP contribution in [-0.2, 0) is 0 Å². The van der Waals surface area contributed by atoms with E-state index in [0.29, 0.717) is 10.1 Å². The summed E-state index contributed by atoms with van der Waals surface area (Å²) in [5.41, 5.74) is 1.05. The zero-order valence-corrected chi connectivity index (χ0v) is 9.19. The number of pyridine rings is 1. The first-order valence-corrected chi connectivity index (χ1v) is 4.58. The minimum absolute atomic E-state index is 0.421. The van der Waals surface area contributed by atoms with Crippen LogP contribution in [0.3, 0.4) is 0 Å². The highest BCUT2D eigenvalue weighted by molar-refractivity contribution is 8.11. The van der Waals surface area contributed by atoms with Gasteiger partial charge in [0.1, 0.15) is 10.1 Å². The number of anilines is 2. The Hall–Kier alpha value is -0.810. The monoisotopic (exact) mass is 213 g/mol. The Morgan fingerprint density at radius 2 is 2.23 bits per heavy atom. The fraction of sp³-hybridized carbons (Fsp3) is 0.250. The van der Waals surface area contributed by atoms with Crippen LogP contribution in [0.25, 0.3) is 0 Å². The molecule has 0 unspecified atom stereocenters. The van der Waals surface area contributed by atoms with Crippen LogP contribution in [0.4, 0.5) is 11.5 Å². The van der Waals surface area contributed by atoms with E-state index >= 15 is 0 Å². The van der Waals surface area contributed by atoms with Gasteiger partial charge in [0.25, 0.3) is 0 Å². The van der Waals surface area contributed by atoms with E-state index in [9.17, 15) is 0 Å². The molecule has 0 aliphatic heterocycles. The molecule has 1 N–H and O–H groups in total. The first kappa shape index (κ1) is 10.3. The molecule has 1 aromatic heterocycles. The molecule has 0 spiro atoms. The van der Waals surface area contributed by atoms with Gasteiger partial charge in [0.2, 0.25) is 0 Å². The summed E-state index contributed by atoms with van der Waals surface area (Å²) >= 11 is 8.71. The van der Waals surface area contributed by atoms with Crippen LogP contribution in [0.15, 0.2) is 18.3 Å². The van der Waals surface area contributed by atoms with Crippen molar-refractivity contribution in [2.24, 2.45) is 0 Å². The quantitative estimate of drug-likeness (QED) is 0.578. The van der Waals surface area contributed by atoms with Gasteiger partial charge in [-0.2, -0.15) is 0 Å². The van der Waals surface area contributed by atoms with E-state index in [-0.39, 0.29) is 0 Å². The molecule has 0 fully saturated rings. The van der Waals surface area contributed by atoms with Gasteiger partial charge in [0.15, 0.2) is 0 Å². The summed E-state index contributed by atoms with van der Waals surface area (Å²) in [6, 6.07) is 3.82. The second-order valence-corrected chi connectivity index (χ2v) is 3.88. The number of aromatic nitrogens is 1. The molecule has 0 atom stereocenters. The Labute approximate surface area is 88.6 Å². The van der Waals surface area contributed by atoms with Gasteiger partial charge in [-0.1, -0.05) is 12.2 Å². The van der Waals surface area contributed by atoms with Gasteiger partial charge in [0, 0.05) is 14.1 Å². The highest BCUT2D eigenvalue weighted by atomic mass is 32.1. The molecule has 5 heteroatoms. The van der Waals surface area contributed by atoms with E-state index in [4.69, 9.17) is 12.2 Å². The van der Waals surface area contributed by atoms with E-state index < -0.39 is 0 Å². The molecule has 13 heavy (non-hydrogen) atoms. The van der Waals surface area contributed by atoms with Crippen molar-refractivity contribution in [3.8, 4) is 0 Å². The summed E-state index contributed by atoms with van der Waals surface area (Å²) in [4.78, 5) is 6.13. The fourth-order valence-electron chi connectivity index (χ4n) is 0.834. The normalized spacial score (nSPS) is 9.46. The van der Waals surface area contributed by atoms with Crippen LogP contribution in [0.5, 0.6) is 0 Å². The molecule has 0 saturated carbocycles. The third kappa shape index (κ3) is 3.20. The number of hydrogen-bond donors (Lipinski definition) is 2. The lowest BCUT2D eigenvalue weighted by Gasteiger charge is -2.11. The molecule has 1 aromatic rings. The Kier molecular flexibility index (Phi) is 3.50. The average molecular weight is 213 g/mol. The summed E-state index contributed by atoms with van der Waals surface area (Å²) in [6.07, 6.45) is 1.77. The molecule has 70 valence electrons. The van der Waals surface area contributed by atoms with Crippen LogP contribution >= 0.6 is 24.8 Å². The van der Waals surface area contributed by atoms with E-state index in [1.54, 1.807) is 6.20 Å². The Morgan fingerprint density at radius 3 is 2.62 bits per heavy atom. The minimum atomic E-state index is 0.421. The molecule has 0 aliphatic rings. The van der Waals surface area contributed by atoms with Crippen molar-refractivity contribution in [1.29, 1.82) is 0 Å². The molecule has 1 rings (SSSR count). The minimum Gasteiger partial charge on any atom is -0.376 e. The Balaban J connectivity index is 2.75. The van der Waals surface area contributed by atoms with Crippen LogP contribution < -0.4 is 10.2 Å². The lowest BCUT2D eigenvalue weighted by atomic mass is 10.4. The fourth-order valence-corrected chi connectivity index (χ4v) is 1.05. The third-order valence-corrected chi connectivity index (χ3v) is 1.71. The number of nitrogens with zero attached hydrogens (tertiary/aromatic N) is 2. The maximum atomic E-state index is 4.76. The molecule has 0 aromatic carbocycles. The van der Waals surface area contributed by atoms with Crippen molar-refractivity contribution in [3.05, 3.63) is 18.3 Å². The molecular weight excluding hydrogens is 202 g/mol. The van der Waals surface area contributed by atoms with Crippen LogP contribution in [0, 0.1) is 0 Å². The summed E-state index contributed by atoms with van der Waals surface area (Å²) in [5, 5.41) is 2.84. The van der Waals surface area contributed by atoms with Gasteiger partial charge in [-0.15, -0.1) is 12.6 Å². The average Bonchev–Trinajstić information content (AvgIpc) is 2.04. The zero-order chi connectivity index (χ0) is 9.84. The molecule has 0 bridgehead atoms. The second-order valence-electron chi connectivity index (χ2n) is 2.73. The smallest absolute Gasteiger partial charge is 0.136 e. The van der Waals surface area contributed by atoms with Gasteiger partial charge < -0.3 is 10.2 Å². The molecule has 0 aliphatic carbocycles. The second kappa shape index (κ2) is 4.43. The largest absolute Gasteiger partial charge is 0.376 e. The van der Waals surface area contributed by atoms with Crippen molar-refractivity contribution in [2.75, 3.05) is 24.3 Å². The molecule has 0 saturated heterocycles. The SMILES string of the molecule is CN(C)c1ccc(NC(=S)S)nc1. The number of hydrogen-bond acceptors (Lipinski definition) is 3. The third-order valence-electron chi connectivity index (χ3n) is 1.50. The molecule has 0 radical (unpaired) electrons. The van der Waals surface area contributed by atoms with Crippen LogP contribution in [0.1, 0.15) is 0 Å². The van der Waals surface area contributed by atoms with Crippen molar-refractivity contribution < 1.29 is 0 Å². The Bertz CT molecular complexity index is 295. The summed E-state index contributed by atoms with van der Waals surface area (Å²) in [5.74, 6) is 0.714. The van der Waals surface area contributed by atoms with Crippen LogP contribution in [-0.4, -0.2) is 23.4 Å². The summed E-state index contributed by atoms with van der Waals surface area (Å²) < 4.78 is 0.421. The van der Waals surface area contributed by atoms with Gasteiger partial charge in [0.05, 0.1) is 11.9 Å². The standard InChI is InChI=1S/C8H11N3S2/c1-11(2)6-3-4-7(9-5-6)10-8(12)13/h3-5H,1-2H3,(H2,9,10,12,13). The first-order valence-electron chi connectivity index (χ1n) is 3.73. The summed E-state index contributed by atoms with van der Waals surface area (Å²) in [7, 11) is 3.93. The topological polar surface area (TPSA) is 28.2 Å². The number of thiocarbonyl (C=S) groups is 1. The highest BCUT2D eigenvalue weighted by Crippen LogP contribution is 2.12. The van der Waals surface area contributed by atoms with Crippen molar-refractivity contribution in [3.63, 3.8) is 0 Å². The zero-order valence-electron chi connectivity index (χ0n) is 7.48. The van der Waals surface area contributed by atoms with E-state index in [2.05, 4.69) is 22.9 Å². The molecule has 0 amide bonds. The number of rotatable bonds is 2. The first-order chi connectivity index (χ1) is 6.09. The molecular formula is C8H11N3S2. The van der Waals surface area contributed by atoms with Gasteiger partial charge in [-0.05, 0) is 12.1 Å². The molecule has 1 heterocycles. The van der Waals surface area contributed by atoms with Gasteiger partial charge in [-0.25, -0.2) is 4.98 Å². The summed E-state index contributed by atoms with van der Waals surface area (Å²) in [6.45, 7) is 0. The van der Waals surface area contributed by atoms with E-state index in [0.717, 1.165) is 5.69 Å². The maximum absolute atomic E-state index is 4.76. The lowest BCUT2D eigenvalue weighted by Crippen LogP contribution is -2.09. The van der Waals surface area contributed by atoms with Crippen molar-refractivity contribution in [1.82, 2.24) is 4.98 Å². The van der Waals surface area contributed by atoms with E-state index in [1.807, 2.05) is 31.1 Å². The maximum Gasteiger partial charge on any atom is 0.136 e. The van der Waals surface area contributed by atoms with Gasteiger partial charge in [-0.3, -0.25) is 0 Å². The lowest BCUT2D eigenvalue weighted by molar-refractivity contribution is 1.11. The van der Waals surface area contributed by atoms with E-state index in [1.165, 1.54) is 0 Å². The van der Waals surface area contributed by atoms with Crippen LogP contribution in [0.2, 0.25) is 0 Å². The van der Waals surface area contributed by atoms with Gasteiger partial charge >= 0.3 is 0 Å². The number of thiol groups is 1. The predicted molar refractivity (Wildman–Crippen MR) is 63.8 cm³/mol. The Morgan fingerprint density at radius 1 is 1.54 bits per heavy atom. The van der Waals surface area contributed by atoms with Crippen molar-refractivity contribution in [2.45, 2.75) is 0 Å². The molecule has 3 nitrogen and oxygen atoms in total. The predicted octanol–water partition coefficient (Wildman–Crippen LogP) is 1.77. The highest BCUT2D eigenvalue weighted by Gasteiger charge is 1.97. The number of nitrogens with one attached hydrogen (secondary N) is 1.